The van der Waals surface area contributed by atoms with Gasteiger partial charge in [-0.25, -0.2) is 0 Å². The molecule has 0 fully saturated rings. The zero-order valence-corrected chi connectivity index (χ0v) is 12.6. The Kier molecular flexibility index (Phi) is 3.30. The van der Waals surface area contributed by atoms with E-state index in [-0.39, 0.29) is 0 Å². The molecule has 96 valence electrons. The van der Waals surface area contributed by atoms with Crippen LogP contribution in [0.2, 0.25) is 5.02 Å². The first-order valence-corrected chi connectivity index (χ1v) is 7.31. The standard InChI is InChI=1S/C12H7BrClN3OS/c13-7-3-10(19-5-7)11-16-12(18-17-11)6-1-8(14)4-9(15)2-6/h1-5H,15H2. The third kappa shape index (κ3) is 2.65. The Morgan fingerprint density at radius 1 is 1.26 bits per heavy atom. The second-order valence-electron chi connectivity index (χ2n) is 3.83. The highest BCUT2D eigenvalue weighted by Gasteiger charge is 2.13. The molecule has 2 N–H and O–H groups in total. The number of anilines is 1. The van der Waals surface area contributed by atoms with Crippen LogP contribution in [0.25, 0.3) is 22.2 Å². The SMILES string of the molecule is Nc1cc(Cl)cc(-c2nc(-c3cc(Br)cs3)no2)c1. The Labute approximate surface area is 126 Å². The minimum Gasteiger partial charge on any atom is -0.399 e. The molecule has 19 heavy (non-hydrogen) atoms. The second-order valence-corrected chi connectivity index (χ2v) is 6.09. The summed E-state index contributed by atoms with van der Waals surface area (Å²) in [6.45, 7) is 0. The fourth-order valence-electron chi connectivity index (χ4n) is 1.61. The highest BCUT2D eigenvalue weighted by Crippen LogP contribution is 2.30. The van der Waals surface area contributed by atoms with Crippen LogP contribution in [0.4, 0.5) is 5.69 Å². The lowest BCUT2D eigenvalue weighted by Crippen LogP contribution is -1.86. The van der Waals surface area contributed by atoms with E-state index in [2.05, 4.69) is 26.1 Å². The Hall–Kier alpha value is -1.37. The monoisotopic (exact) mass is 355 g/mol. The van der Waals surface area contributed by atoms with E-state index in [4.69, 9.17) is 21.9 Å². The Balaban J connectivity index is 2.01. The van der Waals surface area contributed by atoms with Gasteiger partial charge in [-0.05, 0) is 40.2 Å². The average Bonchev–Trinajstić information content (AvgIpc) is 2.95. The van der Waals surface area contributed by atoms with Crippen LogP contribution < -0.4 is 5.73 Å². The molecule has 1 aromatic carbocycles. The zero-order chi connectivity index (χ0) is 13.4. The van der Waals surface area contributed by atoms with Crippen LogP contribution >= 0.6 is 38.9 Å². The molecular formula is C12H7BrClN3OS. The molecule has 4 nitrogen and oxygen atoms in total. The van der Waals surface area contributed by atoms with Crippen molar-refractivity contribution < 1.29 is 4.52 Å². The predicted octanol–water partition coefficient (Wildman–Crippen LogP) is 4.46. The van der Waals surface area contributed by atoms with Crippen LogP contribution in [0.3, 0.4) is 0 Å². The van der Waals surface area contributed by atoms with Gasteiger partial charge in [-0.1, -0.05) is 16.8 Å². The van der Waals surface area contributed by atoms with E-state index in [1.807, 2.05) is 11.4 Å². The first-order valence-electron chi connectivity index (χ1n) is 5.26. The Morgan fingerprint density at radius 3 is 2.79 bits per heavy atom. The highest BCUT2D eigenvalue weighted by atomic mass is 79.9. The second kappa shape index (κ2) is 4.96. The number of thiophene rings is 1. The fourth-order valence-corrected chi connectivity index (χ4v) is 3.20. The third-order valence-electron chi connectivity index (χ3n) is 2.38. The van der Waals surface area contributed by atoms with E-state index in [0.717, 1.165) is 9.35 Å². The number of hydrogen-bond acceptors (Lipinski definition) is 5. The van der Waals surface area contributed by atoms with Gasteiger partial charge in [-0.3, -0.25) is 0 Å². The summed E-state index contributed by atoms with van der Waals surface area (Å²) in [4.78, 5) is 5.27. The Morgan fingerprint density at radius 2 is 2.11 bits per heavy atom. The molecular weight excluding hydrogens is 350 g/mol. The van der Waals surface area contributed by atoms with E-state index < -0.39 is 0 Å². The van der Waals surface area contributed by atoms with Gasteiger partial charge in [0.15, 0.2) is 0 Å². The van der Waals surface area contributed by atoms with Gasteiger partial charge in [0.25, 0.3) is 5.89 Å². The normalized spacial score (nSPS) is 10.8. The number of nitrogens with two attached hydrogens (primary N) is 1. The maximum atomic E-state index is 5.95. The van der Waals surface area contributed by atoms with Gasteiger partial charge in [0, 0.05) is 26.1 Å². The maximum Gasteiger partial charge on any atom is 0.258 e. The van der Waals surface area contributed by atoms with Gasteiger partial charge in [-0.15, -0.1) is 11.3 Å². The molecule has 7 heteroatoms. The molecule has 0 radical (unpaired) electrons. The zero-order valence-electron chi connectivity index (χ0n) is 9.43. The predicted molar refractivity (Wildman–Crippen MR) is 80.2 cm³/mol. The first-order chi connectivity index (χ1) is 9.11. The van der Waals surface area contributed by atoms with Crippen molar-refractivity contribution in [3.05, 3.63) is 39.1 Å². The van der Waals surface area contributed by atoms with Crippen molar-refractivity contribution in [2.75, 3.05) is 5.73 Å². The van der Waals surface area contributed by atoms with Gasteiger partial charge >= 0.3 is 0 Å². The number of rotatable bonds is 2. The summed E-state index contributed by atoms with van der Waals surface area (Å²) in [6, 6.07) is 7.08. The van der Waals surface area contributed by atoms with Crippen molar-refractivity contribution in [3.8, 4) is 22.2 Å². The minimum absolute atomic E-state index is 0.397. The van der Waals surface area contributed by atoms with Gasteiger partial charge in [0.05, 0.1) is 4.88 Å². The molecule has 0 aliphatic carbocycles. The van der Waals surface area contributed by atoms with Crippen LogP contribution in [-0.2, 0) is 0 Å². The summed E-state index contributed by atoms with van der Waals surface area (Å²) < 4.78 is 6.23. The summed E-state index contributed by atoms with van der Waals surface area (Å²) >= 11 is 10.9. The molecule has 0 atom stereocenters. The van der Waals surface area contributed by atoms with E-state index in [1.54, 1.807) is 18.2 Å². The van der Waals surface area contributed by atoms with Gasteiger partial charge in [-0.2, -0.15) is 4.98 Å². The van der Waals surface area contributed by atoms with Gasteiger partial charge in [0.2, 0.25) is 5.82 Å². The van der Waals surface area contributed by atoms with Crippen LogP contribution in [0.1, 0.15) is 0 Å². The number of hydrogen-bond donors (Lipinski definition) is 1. The topological polar surface area (TPSA) is 64.9 Å². The first kappa shape index (κ1) is 12.7. The molecule has 0 aliphatic rings. The van der Waals surface area contributed by atoms with Crippen LogP contribution in [-0.4, -0.2) is 10.1 Å². The lowest BCUT2D eigenvalue weighted by atomic mass is 10.2. The molecule has 0 amide bonds. The largest absolute Gasteiger partial charge is 0.399 e. The van der Waals surface area contributed by atoms with Crippen LogP contribution in [0.15, 0.2) is 38.6 Å². The van der Waals surface area contributed by atoms with Gasteiger partial charge < -0.3 is 10.3 Å². The van der Waals surface area contributed by atoms with Crippen molar-refractivity contribution in [3.63, 3.8) is 0 Å². The van der Waals surface area contributed by atoms with Gasteiger partial charge in [0.1, 0.15) is 0 Å². The molecule has 3 rings (SSSR count). The minimum atomic E-state index is 0.397. The van der Waals surface area contributed by atoms with E-state index in [9.17, 15) is 0 Å². The summed E-state index contributed by atoms with van der Waals surface area (Å²) in [5, 5.41) is 6.45. The summed E-state index contributed by atoms with van der Waals surface area (Å²) in [5.74, 6) is 0.943. The summed E-state index contributed by atoms with van der Waals surface area (Å²) in [5.41, 5.74) is 7.00. The fraction of sp³-hybridized carbons (Fsp3) is 0. The Bertz CT molecular complexity index is 720. The van der Waals surface area contributed by atoms with Crippen molar-refractivity contribution in [1.29, 1.82) is 0 Å². The third-order valence-corrected chi connectivity index (χ3v) is 4.29. The van der Waals surface area contributed by atoms with Crippen LogP contribution in [0, 0.1) is 0 Å². The number of nitrogens with zero attached hydrogens (tertiary/aromatic N) is 2. The quantitative estimate of drug-likeness (QED) is 0.688. The molecule has 0 unspecified atom stereocenters. The lowest BCUT2D eigenvalue weighted by Gasteiger charge is -1.98. The smallest absolute Gasteiger partial charge is 0.258 e. The number of benzene rings is 1. The van der Waals surface area contributed by atoms with E-state index >= 15 is 0 Å². The molecule has 0 bridgehead atoms. The molecule has 0 saturated carbocycles. The molecule has 0 aliphatic heterocycles. The summed E-state index contributed by atoms with van der Waals surface area (Å²) in [7, 11) is 0. The van der Waals surface area contributed by atoms with Crippen LogP contribution in [0.5, 0.6) is 0 Å². The van der Waals surface area contributed by atoms with E-state index in [0.29, 0.717) is 28.0 Å². The number of halogens is 2. The number of nitrogen functional groups attached to an aromatic ring is 1. The van der Waals surface area contributed by atoms with Crippen molar-refractivity contribution in [2.45, 2.75) is 0 Å². The molecule has 0 saturated heterocycles. The maximum absolute atomic E-state index is 5.95. The number of aromatic nitrogens is 2. The van der Waals surface area contributed by atoms with Crippen molar-refractivity contribution in [2.24, 2.45) is 0 Å². The molecule has 3 aromatic rings. The summed E-state index contributed by atoms with van der Waals surface area (Å²) in [6.07, 6.45) is 0. The lowest BCUT2D eigenvalue weighted by molar-refractivity contribution is 0.432. The highest BCUT2D eigenvalue weighted by molar-refractivity contribution is 9.10. The average molecular weight is 357 g/mol. The van der Waals surface area contributed by atoms with Crippen molar-refractivity contribution in [1.82, 2.24) is 10.1 Å². The van der Waals surface area contributed by atoms with Crippen molar-refractivity contribution >= 4 is 44.6 Å². The molecule has 2 heterocycles. The molecule has 0 spiro atoms. The van der Waals surface area contributed by atoms with E-state index in [1.165, 1.54) is 11.3 Å². The molecule has 2 aromatic heterocycles.